The Kier molecular flexibility index (Phi) is 6.66. The van der Waals surface area contributed by atoms with E-state index in [1.54, 1.807) is 41.4 Å². The molecule has 0 radical (unpaired) electrons. The Morgan fingerprint density at radius 3 is 2.00 bits per heavy atom. The van der Waals surface area contributed by atoms with E-state index >= 15 is 0 Å². The minimum Gasteiger partial charge on any atom is -0.452 e. The first-order valence-electron chi connectivity index (χ1n) is 10.2. The van der Waals surface area contributed by atoms with Gasteiger partial charge in [0.1, 0.15) is 6.10 Å². The Bertz CT molecular complexity index is 1290. The van der Waals surface area contributed by atoms with Crippen LogP contribution in [0.4, 0.5) is 4.39 Å². The average molecular weight is 470 g/mol. The molecule has 0 aliphatic carbocycles. The number of esters is 2. The van der Waals surface area contributed by atoms with Crippen molar-refractivity contribution < 1.29 is 33.3 Å². The molecule has 0 amide bonds. The number of hydrogen-bond acceptors (Lipinski definition) is 8. The molecular formula is C23H19FN2O8. The van der Waals surface area contributed by atoms with E-state index < -0.39 is 60.2 Å². The third kappa shape index (κ3) is 4.65. The SMILES string of the molecule is O=C(OC1C(CO)OC(n2cc(F)c(=O)[nH]c2=O)C1OC(=O)c1ccccc1)c1ccccc1. The van der Waals surface area contributed by atoms with Gasteiger partial charge in [-0.3, -0.25) is 14.3 Å². The van der Waals surface area contributed by atoms with Crippen molar-refractivity contribution in [1.82, 2.24) is 9.55 Å². The van der Waals surface area contributed by atoms with Crippen molar-refractivity contribution in [3.05, 3.63) is 105 Å². The van der Waals surface area contributed by atoms with Crippen molar-refractivity contribution in [3.8, 4) is 0 Å². The molecule has 3 aromatic rings. The number of aromatic amines is 1. The van der Waals surface area contributed by atoms with Gasteiger partial charge < -0.3 is 19.3 Å². The second kappa shape index (κ2) is 9.81. The van der Waals surface area contributed by atoms with E-state index in [0.29, 0.717) is 10.8 Å². The van der Waals surface area contributed by atoms with E-state index in [2.05, 4.69) is 0 Å². The predicted molar refractivity (Wildman–Crippen MR) is 114 cm³/mol. The van der Waals surface area contributed by atoms with Gasteiger partial charge in [0.15, 0.2) is 18.4 Å². The van der Waals surface area contributed by atoms with E-state index in [9.17, 15) is 28.7 Å². The quantitative estimate of drug-likeness (QED) is 0.510. The van der Waals surface area contributed by atoms with Crippen LogP contribution in [0.5, 0.6) is 0 Å². The van der Waals surface area contributed by atoms with Crippen molar-refractivity contribution in [3.63, 3.8) is 0 Å². The molecule has 4 atom stereocenters. The lowest BCUT2D eigenvalue weighted by molar-refractivity contribution is -0.0608. The lowest BCUT2D eigenvalue weighted by Crippen LogP contribution is -2.43. The summed E-state index contributed by atoms with van der Waals surface area (Å²) < 4.78 is 31.3. The second-order valence-corrected chi connectivity index (χ2v) is 7.36. The number of benzene rings is 2. The normalized spacial score (nSPS) is 21.7. The van der Waals surface area contributed by atoms with Gasteiger partial charge in [-0.25, -0.2) is 14.4 Å². The van der Waals surface area contributed by atoms with E-state index in [-0.39, 0.29) is 11.1 Å². The maximum atomic E-state index is 14.0. The molecule has 1 saturated heterocycles. The Balaban J connectivity index is 1.72. The number of aliphatic hydroxyl groups excluding tert-OH is 1. The van der Waals surface area contributed by atoms with Crippen LogP contribution in [0, 0.1) is 5.82 Å². The number of nitrogens with one attached hydrogen (secondary N) is 1. The summed E-state index contributed by atoms with van der Waals surface area (Å²) in [4.78, 5) is 51.1. The van der Waals surface area contributed by atoms with Gasteiger partial charge in [-0.15, -0.1) is 0 Å². The fourth-order valence-corrected chi connectivity index (χ4v) is 3.53. The molecule has 10 nitrogen and oxygen atoms in total. The Morgan fingerprint density at radius 1 is 0.941 bits per heavy atom. The number of aromatic nitrogens is 2. The zero-order valence-corrected chi connectivity index (χ0v) is 17.5. The molecule has 1 aromatic heterocycles. The van der Waals surface area contributed by atoms with Crippen LogP contribution in [0.1, 0.15) is 26.9 Å². The lowest BCUT2D eigenvalue weighted by Gasteiger charge is -2.24. The summed E-state index contributed by atoms with van der Waals surface area (Å²) in [5.41, 5.74) is -1.96. The predicted octanol–water partition coefficient (Wildman–Crippen LogP) is 1.02. The summed E-state index contributed by atoms with van der Waals surface area (Å²) in [5.74, 6) is -2.92. The number of hydrogen-bond donors (Lipinski definition) is 2. The van der Waals surface area contributed by atoms with Crippen LogP contribution in [-0.4, -0.2) is 51.5 Å². The highest BCUT2D eigenvalue weighted by molar-refractivity contribution is 5.90. The Hall–Kier alpha value is -4.09. The van der Waals surface area contributed by atoms with Crippen molar-refractivity contribution in [2.24, 2.45) is 0 Å². The number of carbonyl (C=O) groups is 2. The summed E-state index contributed by atoms with van der Waals surface area (Å²) in [6, 6.07) is 15.8. The Morgan fingerprint density at radius 2 is 1.47 bits per heavy atom. The zero-order chi connectivity index (χ0) is 24.2. The van der Waals surface area contributed by atoms with Crippen molar-refractivity contribution in [2.75, 3.05) is 6.61 Å². The van der Waals surface area contributed by atoms with Crippen LogP contribution in [0.15, 0.2) is 76.4 Å². The molecule has 2 heterocycles. The molecule has 4 rings (SSSR count). The second-order valence-electron chi connectivity index (χ2n) is 7.36. The molecule has 1 aliphatic rings. The highest BCUT2D eigenvalue weighted by atomic mass is 19.1. The molecule has 1 fully saturated rings. The minimum absolute atomic E-state index is 0.154. The van der Waals surface area contributed by atoms with Gasteiger partial charge >= 0.3 is 17.6 Å². The first-order chi connectivity index (χ1) is 16.4. The molecule has 11 heteroatoms. The summed E-state index contributed by atoms with van der Waals surface area (Å²) in [7, 11) is 0. The number of rotatable bonds is 6. The van der Waals surface area contributed by atoms with Crippen LogP contribution in [0.25, 0.3) is 0 Å². The van der Waals surface area contributed by atoms with Gasteiger partial charge in [-0.2, -0.15) is 4.39 Å². The number of H-pyrrole nitrogens is 1. The third-order valence-corrected chi connectivity index (χ3v) is 5.17. The van der Waals surface area contributed by atoms with Crippen molar-refractivity contribution >= 4 is 11.9 Å². The first kappa shape index (κ1) is 23.1. The summed E-state index contributed by atoms with van der Waals surface area (Å²) in [6.07, 6.45) is -4.99. The smallest absolute Gasteiger partial charge is 0.338 e. The summed E-state index contributed by atoms with van der Waals surface area (Å²) >= 11 is 0. The summed E-state index contributed by atoms with van der Waals surface area (Å²) in [6.45, 7) is -0.677. The number of carbonyl (C=O) groups excluding carboxylic acids is 2. The van der Waals surface area contributed by atoms with E-state index in [0.717, 1.165) is 0 Å². The molecule has 176 valence electrons. The van der Waals surface area contributed by atoms with Gasteiger partial charge in [-0.05, 0) is 24.3 Å². The van der Waals surface area contributed by atoms with Gasteiger partial charge in [0, 0.05) is 0 Å². The topological polar surface area (TPSA) is 137 Å². The fraction of sp³-hybridized carbons (Fsp3) is 0.217. The molecule has 2 N–H and O–H groups in total. The average Bonchev–Trinajstić information content (AvgIpc) is 3.19. The van der Waals surface area contributed by atoms with E-state index in [1.165, 1.54) is 24.3 Å². The molecular weight excluding hydrogens is 451 g/mol. The van der Waals surface area contributed by atoms with Gasteiger partial charge in [0.05, 0.1) is 23.9 Å². The number of aliphatic hydroxyl groups is 1. The zero-order valence-electron chi connectivity index (χ0n) is 17.5. The van der Waals surface area contributed by atoms with E-state index in [4.69, 9.17) is 14.2 Å². The molecule has 0 saturated carbocycles. The maximum Gasteiger partial charge on any atom is 0.338 e. The van der Waals surface area contributed by atoms with Crippen LogP contribution in [0.2, 0.25) is 0 Å². The van der Waals surface area contributed by atoms with Crippen LogP contribution < -0.4 is 11.2 Å². The highest BCUT2D eigenvalue weighted by Gasteiger charge is 2.51. The number of ether oxygens (including phenoxy) is 3. The number of nitrogens with zero attached hydrogens (tertiary/aromatic N) is 1. The van der Waals surface area contributed by atoms with Gasteiger partial charge in [0.2, 0.25) is 5.82 Å². The molecule has 0 spiro atoms. The standard InChI is InChI=1S/C23H19FN2O8/c24-15-11-26(23(31)25-19(15)28)20-18(34-22(30)14-9-5-2-6-10-14)17(16(12-27)32-20)33-21(29)13-7-3-1-4-8-13/h1-11,16-18,20,27H,12H2,(H,25,28,31). The lowest BCUT2D eigenvalue weighted by atomic mass is 10.1. The van der Waals surface area contributed by atoms with Crippen LogP contribution in [-0.2, 0) is 14.2 Å². The monoisotopic (exact) mass is 470 g/mol. The van der Waals surface area contributed by atoms with Gasteiger partial charge in [0.25, 0.3) is 5.56 Å². The molecule has 34 heavy (non-hydrogen) atoms. The molecule has 2 aromatic carbocycles. The third-order valence-electron chi connectivity index (χ3n) is 5.17. The van der Waals surface area contributed by atoms with Crippen molar-refractivity contribution in [1.29, 1.82) is 0 Å². The van der Waals surface area contributed by atoms with Gasteiger partial charge in [-0.1, -0.05) is 36.4 Å². The molecule has 4 unspecified atom stereocenters. The number of halogens is 1. The van der Waals surface area contributed by atoms with Crippen LogP contribution >= 0.6 is 0 Å². The minimum atomic E-state index is -1.52. The highest BCUT2D eigenvalue weighted by Crippen LogP contribution is 2.34. The fourth-order valence-electron chi connectivity index (χ4n) is 3.53. The molecule has 1 aliphatic heterocycles. The molecule has 0 bridgehead atoms. The summed E-state index contributed by atoms with van der Waals surface area (Å²) in [5, 5.41) is 9.85. The maximum absolute atomic E-state index is 14.0. The van der Waals surface area contributed by atoms with Crippen molar-refractivity contribution in [2.45, 2.75) is 24.5 Å². The largest absolute Gasteiger partial charge is 0.452 e. The van der Waals surface area contributed by atoms with Crippen LogP contribution in [0.3, 0.4) is 0 Å². The first-order valence-corrected chi connectivity index (χ1v) is 10.2. The Labute approximate surface area is 191 Å². The van der Waals surface area contributed by atoms with E-state index in [1.807, 2.05) is 0 Å².